The molecule has 0 saturated carbocycles. The number of hydrogen-bond donors (Lipinski definition) is 0. The molecular weight excluding hydrogens is 113 g/mol. The van der Waals surface area contributed by atoms with Crippen molar-refractivity contribution < 1.29 is 4.48 Å². The lowest BCUT2D eigenvalue weighted by molar-refractivity contribution is 0.339. The van der Waals surface area contributed by atoms with Gasteiger partial charge in [-0.2, -0.15) is 4.79 Å². The van der Waals surface area contributed by atoms with Crippen molar-refractivity contribution in [2.75, 3.05) is 0 Å². The number of aromatic nitrogens is 1. The summed E-state index contributed by atoms with van der Waals surface area (Å²) >= 11 is 4.47. The Morgan fingerprint density at radius 1 is 1.71 bits per heavy atom. The van der Waals surface area contributed by atoms with Crippen molar-refractivity contribution in [2.24, 2.45) is 0 Å². The van der Waals surface area contributed by atoms with Crippen molar-refractivity contribution in [3.05, 3.63) is 18.3 Å². The highest BCUT2D eigenvalue weighted by atomic mass is 32.1. The van der Waals surface area contributed by atoms with E-state index in [2.05, 4.69) is 12.6 Å². The Bertz CT molecular complexity index is 144. The molecule has 0 fully saturated rings. The van der Waals surface area contributed by atoms with Crippen LogP contribution in [0, 0.1) is 0 Å². The molecule has 0 N–H and O–H groups in total. The fourth-order valence-corrected chi connectivity index (χ4v) is 0.485. The third-order valence-electron chi connectivity index (χ3n) is 0.666. The molecule has 0 aliphatic heterocycles. The molecule has 0 unspecified atom stereocenters. The molecule has 1 rings (SSSR count). The van der Waals surface area contributed by atoms with Crippen LogP contribution in [0.25, 0.3) is 0 Å². The minimum Gasteiger partial charge on any atom is -0.176 e. The Morgan fingerprint density at radius 2 is 2.43 bits per heavy atom. The molecule has 1 heterocycles. The van der Waals surface area contributed by atoms with Crippen molar-refractivity contribution in [2.45, 2.75) is 5.03 Å². The van der Waals surface area contributed by atoms with Gasteiger partial charge in [-0.1, -0.05) is 17.1 Å². The van der Waals surface area contributed by atoms with E-state index in [1.165, 1.54) is 12.3 Å². The molecule has 0 aliphatic rings. The maximum Gasteiger partial charge on any atom is 0.137 e. The monoisotopic (exact) mass is 116 g/mol. The molecule has 1 aromatic rings. The van der Waals surface area contributed by atoms with Crippen LogP contribution in [0.15, 0.2) is 23.4 Å². The Morgan fingerprint density at radius 3 is 2.57 bits per heavy atom. The molecule has 1 radical (unpaired) electrons. The molecule has 7 heavy (non-hydrogen) atoms. The van der Waals surface area contributed by atoms with Gasteiger partial charge in [0.2, 0.25) is 0 Å². The van der Waals surface area contributed by atoms with Crippen molar-refractivity contribution in [1.29, 1.82) is 0 Å². The van der Waals surface area contributed by atoms with Gasteiger partial charge in [-0.3, -0.25) is 0 Å². The van der Waals surface area contributed by atoms with Gasteiger partial charge >= 0.3 is 0 Å². The Labute approximate surface area is 46.1 Å². The maximum absolute atomic E-state index is 11.9. The van der Waals surface area contributed by atoms with Crippen LogP contribution in [0.3, 0.4) is 0 Å². The number of rotatable bonds is 0. The summed E-state index contributed by atoms with van der Waals surface area (Å²) in [6, 6.07) is 3.08. The molecule has 0 saturated heterocycles. The summed E-state index contributed by atoms with van der Waals surface area (Å²) in [6.45, 7) is 0. The molecule has 0 amide bonds. The highest BCUT2D eigenvalue weighted by Crippen LogP contribution is 2.04. The van der Waals surface area contributed by atoms with Gasteiger partial charge in [0.1, 0.15) is 5.03 Å². The third kappa shape index (κ3) is 0.718. The number of hydrogen-bond acceptors (Lipinski definition) is 0. The van der Waals surface area contributed by atoms with E-state index >= 15 is 0 Å². The lowest BCUT2D eigenvalue weighted by atomic mass is 10.7. The molecule has 0 atom stereocenters. The van der Waals surface area contributed by atoms with E-state index < -0.39 is 0 Å². The van der Waals surface area contributed by atoms with Gasteiger partial charge in [0.05, 0.1) is 0 Å². The number of nitrogens with zero attached hydrogens (tertiary/aromatic N) is 1. The van der Waals surface area contributed by atoms with Gasteiger partial charge in [0.15, 0.2) is 0 Å². The standard InChI is InChI=1S/C4H3FNS/c5-6-3-1-2-4(6)7/h1-3H. The number of halogens is 1. The zero-order valence-electron chi connectivity index (χ0n) is 3.47. The molecular formula is C4H3FNS. The van der Waals surface area contributed by atoms with E-state index in [4.69, 9.17) is 0 Å². The van der Waals surface area contributed by atoms with Gasteiger partial charge in [-0.25, -0.2) is 0 Å². The molecule has 0 bridgehead atoms. The summed E-state index contributed by atoms with van der Waals surface area (Å²) in [6.07, 6.45) is 1.27. The van der Waals surface area contributed by atoms with Crippen molar-refractivity contribution in [3.8, 4) is 0 Å². The van der Waals surface area contributed by atoms with E-state index in [0.29, 0.717) is 4.79 Å². The molecule has 1 aromatic heterocycles. The summed E-state index contributed by atoms with van der Waals surface area (Å²) in [7, 11) is 0. The third-order valence-corrected chi connectivity index (χ3v) is 0.977. The zero-order valence-corrected chi connectivity index (χ0v) is 4.28. The molecule has 3 heteroatoms. The second-order valence-electron chi connectivity index (χ2n) is 1.16. The van der Waals surface area contributed by atoms with Crippen LogP contribution in [0.2, 0.25) is 0 Å². The Hall–Kier alpha value is -0.570. The average Bonchev–Trinajstić information content (AvgIpc) is 1.91. The van der Waals surface area contributed by atoms with Crippen LogP contribution in [0.5, 0.6) is 0 Å². The summed E-state index contributed by atoms with van der Waals surface area (Å²) in [4.78, 5) is 0.398. The predicted molar refractivity (Wildman–Crippen MR) is 26.8 cm³/mol. The van der Waals surface area contributed by atoms with Crippen LogP contribution in [0.1, 0.15) is 0 Å². The molecule has 0 aromatic carbocycles. The van der Waals surface area contributed by atoms with Crippen LogP contribution in [-0.4, -0.2) is 4.79 Å². The van der Waals surface area contributed by atoms with Gasteiger partial charge in [0.25, 0.3) is 0 Å². The lowest BCUT2D eigenvalue weighted by Gasteiger charge is -1.80. The first-order chi connectivity index (χ1) is 3.30. The van der Waals surface area contributed by atoms with E-state index in [-0.39, 0.29) is 5.03 Å². The van der Waals surface area contributed by atoms with Crippen LogP contribution >= 0.6 is 12.6 Å². The van der Waals surface area contributed by atoms with Crippen molar-refractivity contribution >= 4 is 12.6 Å². The first kappa shape index (κ1) is 4.59. The molecule has 0 spiro atoms. The first-order valence-electron chi connectivity index (χ1n) is 1.81. The largest absolute Gasteiger partial charge is 0.176 e. The van der Waals surface area contributed by atoms with E-state index in [1.54, 1.807) is 6.07 Å². The average molecular weight is 116 g/mol. The van der Waals surface area contributed by atoms with Gasteiger partial charge in [-0.15, -0.1) is 0 Å². The molecule has 1 nitrogen and oxygen atoms in total. The van der Waals surface area contributed by atoms with Crippen molar-refractivity contribution in [1.82, 2.24) is 4.79 Å². The van der Waals surface area contributed by atoms with E-state index in [0.717, 1.165) is 0 Å². The summed E-state index contributed by atoms with van der Waals surface area (Å²) in [5, 5.41) is 0.222. The molecule has 37 valence electrons. The highest BCUT2D eigenvalue weighted by Gasteiger charge is 1.89. The van der Waals surface area contributed by atoms with E-state index in [1.807, 2.05) is 0 Å². The smallest absolute Gasteiger partial charge is 0.137 e. The fourth-order valence-electron chi connectivity index (χ4n) is 0.346. The van der Waals surface area contributed by atoms with Crippen LogP contribution in [-0.2, 0) is 0 Å². The van der Waals surface area contributed by atoms with E-state index in [9.17, 15) is 4.48 Å². The first-order valence-corrected chi connectivity index (χ1v) is 2.22. The minimum atomic E-state index is 0.222. The van der Waals surface area contributed by atoms with Crippen molar-refractivity contribution in [3.63, 3.8) is 0 Å². The summed E-state index contributed by atoms with van der Waals surface area (Å²) in [5.41, 5.74) is 0. The minimum absolute atomic E-state index is 0.222. The SMILES string of the molecule is Fn1cccc1[S]. The van der Waals surface area contributed by atoms with Crippen LogP contribution < -0.4 is 0 Å². The fraction of sp³-hybridized carbons (Fsp3) is 0. The Balaban J connectivity index is 3.12. The second-order valence-corrected chi connectivity index (χ2v) is 1.58. The maximum atomic E-state index is 11.9. The Kier molecular flexibility index (Phi) is 0.982. The van der Waals surface area contributed by atoms with Crippen LogP contribution in [0.4, 0.5) is 4.48 Å². The highest BCUT2D eigenvalue weighted by molar-refractivity contribution is 7.80. The quantitative estimate of drug-likeness (QED) is 0.487. The lowest BCUT2D eigenvalue weighted by Crippen LogP contribution is -1.73. The predicted octanol–water partition coefficient (Wildman–Crippen LogP) is 1.78. The molecule has 0 aliphatic carbocycles. The van der Waals surface area contributed by atoms with Gasteiger partial charge in [0, 0.05) is 6.20 Å². The van der Waals surface area contributed by atoms with Gasteiger partial charge < -0.3 is 0 Å². The zero-order chi connectivity index (χ0) is 5.28. The van der Waals surface area contributed by atoms with Gasteiger partial charge in [-0.05, 0) is 12.1 Å². The second kappa shape index (κ2) is 1.50. The topological polar surface area (TPSA) is 4.93 Å². The summed E-state index contributed by atoms with van der Waals surface area (Å²) in [5.74, 6) is 0. The normalized spacial score (nSPS) is 9.29. The summed E-state index contributed by atoms with van der Waals surface area (Å²) < 4.78 is 11.9.